The summed E-state index contributed by atoms with van der Waals surface area (Å²) < 4.78 is 11.3. The third kappa shape index (κ3) is 5.90. The average molecular weight is 268 g/mol. The fraction of sp³-hybridized carbons (Fsp3) is 0.933. The molecule has 1 fully saturated rings. The second-order valence-electron chi connectivity index (χ2n) is 6.67. The van der Waals surface area contributed by atoms with Crippen molar-refractivity contribution < 1.29 is 9.47 Å². The molecule has 0 aromatic heterocycles. The Hall–Kier alpha value is -0.630. The van der Waals surface area contributed by atoms with E-state index in [9.17, 15) is 5.26 Å². The Morgan fingerprint density at radius 3 is 2.32 bits per heavy atom. The van der Waals surface area contributed by atoms with Crippen molar-refractivity contribution in [2.45, 2.75) is 64.6 Å². The molecular formula is C15H28N2O2. The number of ether oxygens (including phenoxy) is 2. The first-order valence-electron chi connectivity index (χ1n) is 7.20. The molecule has 1 rings (SSSR count). The zero-order chi connectivity index (χ0) is 14.5. The molecule has 1 atom stereocenters. The normalized spacial score (nSPS) is 19.2. The van der Waals surface area contributed by atoms with Gasteiger partial charge in [-0.3, -0.25) is 5.32 Å². The standard InChI is InChI=1S/C15H28N2O2/c1-12(2)17-15(10-16,13-6-7-13)11-18-8-9-19-14(3,4)5/h12-13,17H,6-9,11H2,1-5H3. The summed E-state index contributed by atoms with van der Waals surface area (Å²) in [6.07, 6.45) is 2.24. The van der Waals surface area contributed by atoms with Crippen LogP contribution in [0.1, 0.15) is 47.5 Å². The van der Waals surface area contributed by atoms with Crippen LogP contribution in [-0.2, 0) is 9.47 Å². The number of rotatable bonds is 8. The molecule has 110 valence electrons. The lowest BCUT2D eigenvalue weighted by Crippen LogP contribution is -2.53. The zero-order valence-corrected chi connectivity index (χ0v) is 13.0. The second-order valence-corrected chi connectivity index (χ2v) is 6.67. The summed E-state index contributed by atoms with van der Waals surface area (Å²) in [5.41, 5.74) is -0.655. The van der Waals surface area contributed by atoms with Crippen molar-refractivity contribution in [3.05, 3.63) is 0 Å². The average Bonchev–Trinajstić information content (AvgIpc) is 3.08. The minimum atomic E-state index is -0.518. The van der Waals surface area contributed by atoms with E-state index in [0.717, 1.165) is 12.8 Å². The number of hydrogen-bond acceptors (Lipinski definition) is 4. The molecule has 0 amide bonds. The van der Waals surface area contributed by atoms with Crippen LogP contribution < -0.4 is 5.32 Å². The van der Waals surface area contributed by atoms with Crippen molar-refractivity contribution in [3.8, 4) is 6.07 Å². The highest BCUT2D eigenvalue weighted by molar-refractivity contribution is 5.15. The van der Waals surface area contributed by atoms with Crippen LogP contribution in [0, 0.1) is 17.2 Å². The van der Waals surface area contributed by atoms with Gasteiger partial charge in [-0.2, -0.15) is 5.26 Å². The van der Waals surface area contributed by atoms with Crippen molar-refractivity contribution in [3.63, 3.8) is 0 Å². The summed E-state index contributed by atoms with van der Waals surface area (Å²) >= 11 is 0. The van der Waals surface area contributed by atoms with Gasteiger partial charge in [0, 0.05) is 6.04 Å². The van der Waals surface area contributed by atoms with Crippen molar-refractivity contribution in [2.75, 3.05) is 19.8 Å². The Morgan fingerprint density at radius 1 is 1.26 bits per heavy atom. The molecule has 0 heterocycles. The molecule has 0 aromatic rings. The molecule has 0 radical (unpaired) electrons. The van der Waals surface area contributed by atoms with Crippen LogP contribution in [0.3, 0.4) is 0 Å². The third-order valence-corrected chi connectivity index (χ3v) is 3.11. The number of nitrogens with zero attached hydrogens (tertiary/aromatic N) is 1. The van der Waals surface area contributed by atoms with Crippen LogP contribution in [-0.4, -0.2) is 37.0 Å². The van der Waals surface area contributed by atoms with Gasteiger partial charge >= 0.3 is 0 Å². The molecule has 1 aliphatic carbocycles. The molecule has 0 aromatic carbocycles. The molecule has 0 aliphatic heterocycles. The number of hydrogen-bond donors (Lipinski definition) is 1. The summed E-state index contributed by atoms with van der Waals surface area (Å²) in [5, 5.41) is 12.9. The topological polar surface area (TPSA) is 54.3 Å². The summed E-state index contributed by atoms with van der Waals surface area (Å²) in [6, 6.07) is 2.73. The molecule has 19 heavy (non-hydrogen) atoms. The SMILES string of the molecule is CC(C)NC(C#N)(COCCOC(C)(C)C)C1CC1. The number of nitriles is 1. The summed E-state index contributed by atoms with van der Waals surface area (Å²) in [6.45, 7) is 11.8. The van der Waals surface area contributed by atoms with Crippen LogP contribution in [0.2, 0.25) is 0 Å². The monoisotopic (exact) mass is 268 g/mol. The van der Waals surface area contributed by atoms with Crippen molar-refractivity contribution in [1.82, 2.24) is 5.32 Å². The molecule has 1 saturated carbocycles. The van der Waals surface area contributed by atoms with E-state index >= 15 is 0 Å². The van der Waals surface area contributed by atoms with E-state index in [-0.39, 0.29) is 11.6 Å². The molecule has 1 aliphatic rings. The fourth-order valence-corrected chi connectivity index (χ4v) is 2.16. The van der Waals surface area contributed by atoms with Gasteiger partial charge in [0.05, 0.1) is 31.5 Å². The van der Waals surface area contributed by atoms with Crippen molar-refractivity contribution >= 4 is 0 Å². The highest BCUT2D eigenvalue weighted by Crippen LogP contribution is 2.40. The molecule has 1 N–H and O–H groups in total. The van der Waals surface area contributed by atoms with Gasteiger partial charge in [0.2, 0.25) is 0 Å². The molecule has 0 bridgehead atoms. The highest BCUT2D eigenvalue weighted by Gasteiger charge is 2.46. The highest BCUT2D eigenvalue weighted by atomic mass is 16.5. The fourth-order valence-electron chi connectivity index (χ4n) is 2.16. The minimum absolute atomic E-state index is 0.137. The lowest BCUT2D eigenvalue weighted by molar-refractivity contribution is -0.0417. The molecule has 4 heteroatoms. The van der Waals surface area contributed by atoms with Gasteiger partial charge in [-0.1, -0.05) is 0 Å². The van der Waals surface area contributed by atoms with E-state index in [1.807, 2.05) is 20.8 Å². The van der Waals surface area contributed by atoms with Crippen LogP contribution in [0.4, 0.5) is 0 Å². The Kier molecular flexibility index (Phi) is 5.79. The lowest BCUT2D eigenvalue weighted by Gasteiger charge is -2.30. The lowest BCUT2D eigenvalue weighted by atomic mass is 9.95. The van der Waals surface area contributed by atoms with E-state index in [2.05, 4.69) is 25.2 Å². The molecule has 0 saturated heterocycles. The minimum Gasteiger partial charge on any atom is -0.376 e. The molecular weight excluding hydrogens is 240 g/mol. The Labute approximate surface area is 117 Å². The van der Waals surface area contributed by atoms with Gasteiger partial charge in [-0.15, -0.1) is 0 Å². The van der Waals surface area contributed by atoms with Gasteiger partial charge < -0.3 is 9.47 Å². The van der Waals surface area contributed by atoms with Crippen LogP contribution >= 0.6 is 0 Å². The van der Waals surface area contributed by atoms with E-state index in [0.29, 0.717) is 25.7 Å². The van der Waals surface area contributed by atoms with Crippen molar-refractivity contribution in [2.24, 2.45) is 5.92 Å². The second kappa shape index (κ2) is 6.69. The van der Waals surface area contributed by atoms with Gasteiger partial charge in [0.25, 0.3) is 0 Å². The molecule has 1 unspecified atom stereocenters. The number of nitrogens with one attached hydrogen (secondary N) is 1. The van der Waals surface area contributed by atoms with Gasteiger partial charge in [0.1, 0.15) is 5.54 Å². The smallest absolute Gasteiger partial charge is 0.133 e. The first-order valence-corrected chi connectivity index (χ1v) is 7.20. The maximum absolute atomic E-state index is 9.50. The predicted octanol–water partition coefficient (Wildman–Crippen LogP) is 2.49. The Bertz CT molecular complexity index is 313. The van der Waals surface area contributed by atoms with E-state index in [4.69, 9.17) is 9.47 Å². The van der Waals surface area contributed by atoms with E-state index in [1.54, 1.807) is 0 Å². The Morgan fingerprint density at radius 2 is 1.89 bits per heavy atom. The van der Waals surface area contributed by atoms with Gasteiger partial charge in [-0.25, -0.2) is 0 Å². The first kappa shape index (κ1) is 16.4. The molecule has 4 nitrogen and oxygen atoms in total. The van der Waals surface area contributed by atoms with Crippen molar-refractivity contribution in [1.29, 1.82) is 5.26 Å². The van der Waals surface area contributed by atoms with Crippen LogP contribution in [0.5, 0.6) is 0 Å². The quantitative estimate of drug-likeness (QED) is 0.687. The summed E-state index contributed by atoms with van der Waals surface area (Å²) in [7, 11) is 0. The zero-order valence-electron chi connectivity index (χ0n) is 13.0. The Balaban J connectivity index is 2.36. The predicted molar refractivity (Wildman–Crippen MR) is 75.9 cm³/mol. The summed E-state index contributed by atoms with van der Waals surface area (Å²) in [5.74, 6) is 0.434. The first-order chi connectivity index (χ1) is 8.79. The maximum atomic E-state index is 9.50. The summed E-state index contributed by atoms with van der Waals surface area (Å²) in [4.78, 5) is 0. The van der Waals surface area contributed by atoms with E-state index in [1.165, 1.54) is 0 Å². The maximum Gasteiger partial charge on any atom is 0.133 e. The van der Waals surface area contributed by atoms with E-state index < -0.39 is 5.54 Å². The largest absolute Gasteiger partial charge is 0.376 e. The van der Waals surface area contributed by atoms with Gasteiger partial charge in [0.15, 0.2) is 0 Å². The van der Waals surface area contributed by atoms with Crippen LogP contribution in [0.15, 0.2) is 0 Å². The van der Waals surface area contributed by atoms with Crippen LogP contribution in [0.25, 0.3) is 0 Å². The third-order valence-electron chi connectivity index (χ3n) is 3.11. The molecule has 0 spiro atoms. The van der Waals surface area contributed by atoms with Gasteiger partial charge in [-0.05, 0) is 53.4 Å².